The molecule has 0 aliphatic carbocycles. The third kappa shape index (κ3) is 4.07. The number of hydrogen-bond donors (Lipinski definition) is 1. The Morgan fingerprint density at radius 1 is 1.17 bits per heavy atom. The van der Waals surface area contributed by atoms with Gasteiger partial charge in [-0.3, -0.25) is 0 Å². The molecule has 0 amide bonds. The van der Waals surface area contributed by atoms with Gasteiger partial charge in [-0.2, -0.15) is 0 Å². The summed E-state index contributed by atoms with van der Waals surface area (Å²) in [7, 11) is -3.00. The van der Waals surface area contributed by atoms with Gasteiger partial charge in [0, 0.05) is 48.7 Å². The molecular weight excluding hydrogens is 400 g/mol. The molecule has 3 aromatic heterocycles. The van der Waals surface area contributed by atoms with Gasteiger partial charge < -0.3 is 10.2 Å². The Kier molecular flexibility index (Phi) is 5.31. The Labute approximate surface area is 176 Å². The number of pyridine rings is 2. The summed E-state index contributed by atoms with van der Waals surface area (Å²) in [6, 6.07) is 3.92. The standard InChI is InChI=1S/C21H26N6O2S/c1-13(2)17-8-24-21(27-10-15(14(27)3)11-30(4,28)29)18-9-23-20(7-16(17)18)26-19-5-6-22-12-25-19/h5-9,12-15H,10-11H2,1-4H3,(H,22,23,25,26)/t14-,15-/m1/s1. The molecule has 0 saturated carbocycles. The lowest BCUT2D eigenvalue weighted by atomic mass is 9.90. The largest absolute Gasteiger partial charge is 0.353 e. The lowest BCUT2D eigenvalue weighted by Gasteiger charge is -2.47. The van der Waals surface area contributed by atoms with Crippen LogP contribution in [0.5, 0.6) is 0 Å². The van der Waals surface area contributed by atoms with Crippen molar-refractivity contribution in [2.45, 2.75) is 32.7 Å². The molecule has 30 heavy (non-hydrogen) atoms. The second-order valence-corrected chi connectivity index (χ2v) is 10.5. The Bertz CT molecular complexity index is 1170. The summed E-state index contributed by atoms with van der Waals surface area (Å²) in [5, 5.41) is 5.27. The van der Waals surface area contributed by atoms with Crippen molar-refractivity contribution in [1.82, 2.24) is 19.9 Å². The van der Waals surface area contributed by atoms with Crippen molar-refractivity contribution in [2.75, 3.05) is 28.8 Å². The van der Waals surface area contributed by atoms with Crippen molar-refractivity contribution in [3.05, 3.63) is 42.6 Å². The summed E-state index contributed by atoms with van der Waals surface area (Å²) in [6.45, 7) is 7.02. The van der Waals surface area contributed by atoms with E-state index in [9.17, 15) is 8.42 Å². The van der Waals surface area contributed by atoms with Crippen molar-refractivity contribution in [3.8, 4) is 0 Å². The molecule has 158 valence electrons. The number of hydrogen-bond acceptors (Lipinski definition) is 8. The van der Waals surface area contributed by atoms with Crippen LogP contribution in [0.2, 0.25) is 0 Å². The molecule has 1 aliphatic rings. The first kappa shape index (κ1) is 20.5. The van der Waals surface area contributed by atoms with Gasteiger partial charge in [0.25, 0.3) is 0 Å². The van der Waals surface area contributed by atoms with Crippen LogP contribution in [0, 0.1) is 5.92 Å². The topological polar surface area (TPSA) is 101 Å². The van der Waals surface area contributed by atoms with Crippen molar-refractivity contribution in [2.24, 2.45) is 5.92 Å². The molecule has 0 spiro atoms. The van der Waals surface area contributed by atoms with Crippen LogP contribution in [0.4, 0.5) is 17.5 Å². The minimum Gasteiger partial charge on any atom is -0.353 e. The van der Waals surface area contributed by atoms with Crippen LogP contribution in [0.1, 0.15) is 32.3 Å². The van der Waals surface area contributed by atoms with Crippen LogP contribution < -0.4 is 10.2 Å². The second-order valence-electron chi connectivity index (χ2n) is 8.27. The molecule has 9 heteroatoms. The monoisotopic (exact) mass is 426 g/mol. The van der Waals surface area contributed by atoms with E-state index in [-0.39, 0.29) is 17.7 Å². The molecule has 0 aromatic carbocycles. The zero-order valence-corrected chi connectivity index (χ0v) is 18.4. The van der Waals surface area contributed by atoms with Crippen LogP contribution in [0.3, 0.4) is 0 Å². The molecule has 1 fully saturated rings. The number of nitrogens with one attached hydrogen (secondary N) is 1. The normalized spacial score (nSPS) is 19.2. The number of fused-ring (bicyclic) bond motifs is 1. The summed E-state index contributed by atoms with van der Waals surface area (Å²) in [5.41, 5.74) is 1.14. The average Bonchev–Trinajstić information content (AvgIpc) is 2.70. The highest BCUT2D eigenvalue weighted by molar-refractivity contribution is 7.90. The van der Waals surface area contributed by atoms with Crippen molar-refractivity contribution < 1.29 is 8.42 Å². The van der Waals surface area contributed by atoms with Crippen LogP contribution in [0.15, 0.2) is 37.1 Å². The summed E-state index contributed by atoms with van der Waals surface area (Å²) in [6.07, 6.45) is 8.22. The third-order valence-electron chi connectivity index (χ3n) is 5.64. The number of aromatic nitrogens is 4. The van der Waals surface area contributed by atoms with E-state index in [1.165, 1.54) is 12.6 Å². The van der Waals surface area contributed by atoms with Gasteiger partial charge in [-0.1, -0.05) is 13.8 Å². The first-order valence-corrected chi connectivity index (χ1v) is 12.0. The number of sulfone groups is 1. The Hall–Kier alpha value is -2.81. The maximum atomic E-state index is 11.7. The molecule has 1 aliphatic heterocycles. The van der Waals surface area contributed by atoms with Gasteiger partial charge in [-0.05, 0) is 35.9 Å². The highest BCUT2D eigenvalue weighted by Crippen LogP contribution is 2.37. The van der Waals surface area contributed by atoms with Crippen LogP contribution in [0.25, 0.3) is 10.8 Å². The highest BCUT2D eigenvalue weighted by Gasteiger charge is 2.39. The van der Waals surface area contributed by atoms with Crippen molar-refractivity contribution in [1.29, 1.82) is 0 Å². The first-order chi connectivity index (χ1) is 14.2. The van der Waals surface area contributed by atoms with Crippen LogP contribution in [-0.4, -0.2) is 52.9 Å². The van der Waals surface area contributed by atoms with Crippen LogP contribution >= 0.6 is 0 Å². The summed E-state index contributed by atoms with van der Waals surface area (Å²) < 4.78 is 23.4. The van der Waals surface area contributed by atoms with Gasteiger partial charge in [-0.25, -0.2) is 28.4 Å². The molecule has 8 nitrogen and oxygen atoms in total. The van der Waals surface area contributed by atoms with E-state index in [4.69, 9.17) is 4.98 Å². The molecule has 4 heterocycles. The Balaban J connectivity index is 1.69. The van der Waals surface area contributed by atoms with Gasteiger partial charge >= 0.3 is 0 Å². The van der Waals surface area contributed by atoms with Gasteiger partial charge in [0.05, 0.1) is 5.75 Å². The molecule has 4 rings (SSSR count). The maximum absolute atomic E-state index is 11.7. The second kappa shape index (κ2) is 7.79. The smallest absolute Gasteiger partial charge is 0.147 e. The van der Waals surface area contributed by atoms with Crippen molar-refractivity contribution in [3.63, 3.8) is 0 Å². The van der Waals surface area contributed by atoms with E-state index >= 15 is 0 Å². The third-order valence-corrected chi connectivity index (χ3v) is 6.67. The van der Waals surface area contributed by atoms with Crippen molar-refractivity contribution >= 4 is 38.1 Å². The van der Waals surface area contributed by atoms with Gasteiger partial charge in [0.2, 0.25) is 0 Å². The molecule has 0 radical (unpaired) electrons. The highest BCUT2D eigenvalue weighted by atomic mass is 32.2. The molecule has 0 unspecified atom stereocenters. The minimum atomic E-state index is -3.00. The molecule has 0 bridgehead atoms. The number of nitrogens with zero attached hydrogens (tertiary/aromatic N) is 5. The van der Waals surface area contributed by atoms with E-state index < -0.39 is 9.84 Å². The fourth-order valence-electron chi connectivity index (χ4n) is 3.94. The molecule has 1 N–H and O–H groups in total. The number of anilines is 3. The van der Waals surface area contributed by atoms with E-state index in [0.29, 0.717) is 24.1 Å². The Morgan fingerprint density at radius 2 is 1.97 bits per heavy atom. The van der Waals surface area contributed by atoms with E-state index in [1.54, 1.807) is 12.3 Å². The lowest BCUT2D eigenvalue weighted by Crippen LogP contribution is -2.57. The predicted octanol–water partition coefficient (Wildman–Crippen LogP) is 3.16. The average molecular weight is 427 g/mol. The van der Waals surface area contributed by atoms with Gasteiger partial charge in [-0.15, -0.1) is 0 Å². The number of rotatable bonds is 6. The minimum absolute atomic E-state index is 0.110. The fourth-order valence-corrected chi connectivity index (χ4v) is 5.11. The molecule has 3 aromatic rings. The summed E-state index contributed by atoms with van der Waals surface area (Å²) >= 11 is 0. The zero-order valence-electron chi connectivity index (χ0n) is 17.6. The quantitative estimate of drug-likeness (QED) is 0.641. The molecular formula is C21H26N6O2S. The van der Waals surface area contributed by atoms with E-state index in [1.807, 2.05) is 18.5 Å². The van der Waals surface area contributed by atoms with Gasteiger partial charge in [0.15, 0.2) is 0 Å². The maximum Gasteiger partial charge on any atom is 0.147 e. The first-order valence-electron chi connectivity index (χ1n) is 9.99. The zero-order chi connectivity index (χ0) is 21.5. The molecule has 1 saturated heterocycles. The fraction of sp³-hybridized carbons (Fsp3) is 0.429. The van der Waals surface area contributed by atoms with E-state index in [0.717, 1.165) is 22.2 Å². The predicted molar refractivity (Wildman–Crippen MR) is 119 cm³/mol. The SMILES string of the molecule is CC(C)c1cnc(N2C[C@H](CS(C)(=O)=O)[C@H]2C)c2cnc(Nc3ccncn3)cc12. The lowest BCUT2D eigenvalue weighted by molar-refractivity contribution is 0.339. The Morgan fingerprint density at radius 3 is 2.60 bits per heavy atom. The van der Waals surface area contributed by atoms with E-state index in [2.05, 4.69) is 45.9 Å². The summed E-state index contributed by atoms with van der Waals surface area (Å²) in [4.78, 5) is 19.6. The van der Waals surface area contributed by atoms with Crippen LogP contribution in [-0.2, 0) is 9.84 Å². The van der Waals surface area contributed by atoms with Gasteiger partial charge in [0.1, 0.15) is 33.6 Å². The summed E-state index contributed by atoms with van der Waals surface area (Å²) in [5.74, 6) is 2.86. The molecule has 2 atom stereocenters.